The molecule has 0 saturated carbocycles. The van der Waals surface area contributed by atoms with Crippen LogP contribution < -0.4 is 0 Å². The van der Waals surface area contributed by atoms with Crippen molar-refractivity contribution >= 4 is 10.1 Å². The molecule has 3 nitrogen and oxygen atoms in total. The fourth-order valence-electron chi connectivity index (χ4n) is 0.250. The topological polar surface area (TPSA) is 57.2 Å². The van der Waals surface area contributed by atoms with Crippen molar-refractivity contribution in [3.05, 3.63) is 0 Å². The second-order valence-electron chi connectivity index (χ2n) is 2.26. The van der Waals surface area contributed by atoms with Gasteiger partial charge in [0.25, 0.3) is 0 Å². The third kappa shape index (κ3) is 25.7. The molecule has 11 heavy (non-hydrogen) atoms. The van der Waals surface area contributed by atoms with Crippen molar-refractivity contribution < 1.29 is 13.0 Å². The van der Waals surface area contributed by atoms with E-state index in [-0.39, 0.29) is 5.75 Å². The third-order valence-corrected chi connectivity index (χ3v) is 1.86. The largest absolute Gasteiger partial charge is 0.748 e. The molecule has 0 aliphatic carbocycles. The summed E-state index contributed by atoms with van der Waals surface area (Å²) >= 11 is 0. The van der Waals surface area contributed by atoms with E-state index >= 15 is 0 Å². The molecule has 0 rings (SSSR count). The molecule has 4 heteroatoms. The van der Waals surface area contributed by atoms with E-state index in [2.05, 4.69) is 13.8 Å². The van der Waals surface area contributed by atoms with Crippen LogP contribution in [0.5, 0.6) is 0 Å². The van der Waals surface area contributed by atoms with E-state index in [1.165, 1.54) is 12.8 Å². The molecule has 0 aromatic carbocycles. The maximum atomic E-state index is 9.68. The quantitative estimate of drug-likeness (QED) is 0.623. The highest BCUT2D eigenvalue weighted by atomic mass is 32.2. The molecule has 0 N–H and O–H groups in total. The molecule has 0 spiro atoms. The van der Waals surface area contributed by atoms with E-state index in [1.807, 2.05) is 0 Å². The fourth-order valence-corrected chi connectivity index (χ4v) is 0.750. The van der Waals surface area contributed by atoms with Crippen LogP contribution in [0.3, 0.4) is 0 Å². The van der Waals surface area contributed by atoms with Gasteiger partial charge in [-0.3, -0.25) is 0 Å². The molecule has 0 atom stereocenters. The predicted molar refractivity (Wildman–Crippen MR) is 45.4 cm³/mol. The van der Waals surface area contributed by atoms with E-state index in [9.17, 15) is 13.0 Å². The SMILES string of the molecule is CCCC.CCCS(=O)(=O)[O-]. The molecule has 0 radical (unpaired) electrons. The molecule has 0 aromatic rings. The highest BCUT2D eigenvalue weighted by molar-refractivity contribution is 7.85. The van der Waals surface area contributed by atoms with Crippen molar-refractivity contribution in [2.45, 2.75) is 40.0 Å². The molecule has 0 saturated heterocycles. The van der Waals surface area contributed by atoms with Gasteiger partial charge in [0.15, 0.2) is 0 Å². The maximum Gasteiger partial charge on any atom is 0.0945 e. The molecule has 0 aromatic heterocycles. The smallest absolute Gasteiger partial charge is 0.0945 e. The zero-order chi connectivity index (χ0) is 9.33. The lowest BCUT2D eigenvalue weighted by atomic mass is 10.4. The minimum Gasteiger partial charge on any atom is -0.748 e. The summed E-state index contributed by atoms with van der Waals surface area (Å²) in [5.41, 5.74) is 0. The first-order valence-electron chi connectivity index (χ1n) is 3.91. The van der Waals surface area contributed by atoms with Gasteiger partial charge in [-0.2, -0.15) is 0 Å². The summed E-state index contributed by atoms with van der Waals surface area (Å²) in [7, 11) is -3.92. The van der Waals surface area contributed by atoms with E-state index in [1.54, 1.807) is 6.92 Å². The van der Waals surface area contributed by atoms with Crippen LogP contribution in [-0.4, -0.2) is 18.7 Å². The van der Waals surface area contributed by atoms with Gasteiger partial charge in [0.05, 0.1) is 10.1 Å². The predicted octanol–water partition coefficient (Wildman–Crippen LogP) is 1.75. The van der Waals surface area contributed by atoms with Crippen LogP contribution >= 0.6 is 0 Å². The highest BCUT2D eigenvalue weighted by Crippen LogP contribution is 1.83. The van der Waals surface area contributed by atoms with Gasteiger partial charge in [-0.15, -0.1) is 0 Å². The molecule has 0 aliphatic rings. The van der Waals surface area contributed by atoms with Crippen molar-refractivity contribution in [2.24, 2.45) is 0 Å². The van der Waals surface area contributed by atoms with Crippen molar-refractivity contribution in [1.29, 1.82) is 0 Å². The van der Waals surface area contributed by atoms with Crippen LogP contribution in [-0.2, 0) is 10.1 Å². The molecule has 0 amide bonds. The molecule has 0 aliphatic heterocycles. The molecular formula is C7H17O3S-. The van der Waals surface area contributed by atoms with Crippen LogP contribution in [0.2, 0.25) is 0 Å². The Morgan fingerprint density at radius 1 is 1.00 bits per heavy atom. The Labute approximate surface area is 69.6 Å². The molecular weight excluding hydrogens is 164 g/mol. The molecule has 0 heterocycles. The van der Waals surface area contributed by atoms with Crippen molar-refractivity contribution in [3.8, 4) is 0 Å². The molecule has 0 fully saturated rings. The first kappa shape index (κ1) is 13.5. The summed E-state index contributed by atoms with van der Waals surface area (Å²) in [5.74, 6) is -0.243. The molecule has 70 valence electrons. The van der Waals surface area contributed by atoms with Crippen LogP contribution in [0.25, 0.3) is 0 Å². The van der Waals surface area contributed by atoms with Gasteiger partial charge in [0.2, 0.25) is 0 Å². The van der Waals surface area contributed by atoms with Crippen LogP contribution in [0, 0.1) is 0 Å². The first-order valence-corrected chi connectivity index (χ1v) is 5.49. The van der Waals surface area contributed by atoms with Gasteiger partial charge < -0.3 is 4.55 Å². The highest BCUT2D eigenvalue weighted by Gasteiger charge is 1.86. The molecule has 0 bridgehead atoms. The Hall–Kier alpha value is -0.0900. The van der Waals surface area contributed by atoms with Gasteiger partial charge in [-0.25, -0.2) is 8.42 Å². The average molecular weight is 181 g/mol. The Bertz CT molecular complexity index is 147. The van der Waals surface area contributed by atoms with E-state index in [0.717, 1.165) is 0 Å². The van der Waals surface area contributed by atoms with E-state index in [4.69, 9.17) is 0 Å². The number of unbranched alkanes of at least 4 members (excludes halogenated alkanes) is 1. The lowest BCUT2D eigenvalue weighted by Gasteiger charge is -2.00. The van der Waals surface area contributed by atoms with Crippen LogP contribution in [0.15, 0.2) is 0 Å². The Kier molecular flexibility index (Phi) is 9.83. The number of rotatable bonds is 3. The summed E-state index contributed by atoms with van der Waals surface area (Å²) < 4.78 is 29.0. The monoisotopic (exact) mass is 181 g/mol. The Balaban J connectivity index is 0. The zero-order valence-corrected chi connectivity index (χ0v) is 8.28. The van der Waals surface area contributed by atoms with Crippen molar-refractivity contribution in [3.63, 3.8) is 0 Å². The van der Waals surface area contributed by atoms with Gasteiger partial charge in [-0.05, 0) is 6.42 Å². The van der Waals surface area contributed by atoms with Crippen molar-refractivity contribution in [1.82, 2.24) is 0 Å². The average Bonchev–Trinajstić information content (AvgIpc) is 1.86. The lowest BCUT2D eigenvalue weighted by Crippen LogP contribution is -2.01. The number of hydrogen-bond donors (Lipinski definition) is 0. The zero-order valence-electron chi connectivity index (χ0n) is 7.46. The van der Waals surface area contributed by atoms with E-state index < -0.39 is 10.1 Å². The Morgan fingerprint density at radius 2 is 1.36 bits per heavy atom. The third-order valence-electron chi connectivity index (χ3n) is 0.954. The van der Waals surface area contributed by atoms with Gasteiger partial charge in [0.1, 0.15) is 0 Å². The second kappa shape index (κ2) is 8.01. The van der Waals surface area contributed by atoms with Gasteiger partial charge >= 0.3 is 0 Å². The van der Waals surface area contributed by atoms with E-state index in [0.29, 0.717) is 6.42 Å². The number of hydrogen-bond acceptors (Lipinski definition) is 3. The summed E-state index contributed by atoms with van der Waals surface area (Å²) in [6.07, 6.45) is 3.05. The summed E-state index contributed by atoms with van der Waals surface area (Å²) in [6.45, 7) is 6.01. The standard InChI is InChI=1S/C4H10.C3H8O3S/c1-3-4-2;1-2-3-7(4,5)6/h3-4H2,1-2H3;2-3H2,1H3,(H,4,5,6)/p-1. The minimum atomic E-state index is -3.92. The first-order chi connectivity index (χ1) is 4.97. The maximum absolute atomic E-state index is 9.68. The van der Waals surface area contributed by atoms with Crippen LogP contribution in [0.1, 0.15) is 40.0 Å². The second-order valence-corrected chi connectivity index (χ2v) is 3.79. The van der Waals surface area contributed by atoms with Gasteiger partial charge in [0, 0.05) is 5.75 Å². The normalized spacial score (nSPS) is 10.2. The summed E-state index contributed by atoms with van der Waals surface area (Å²) in [4.78, 5) is 0. The summed E-state index contributed by atoms with van der Waals surface area (Å²) in [6, 6.07) is 0. The lowest BCUT2D eigenvalue weighted by molar-refractivity contribution is 0.462. The van der Waals surface area contributed by atoms with Crippen molar-refractivity contribution in [2.75, 3.05) is 5.75 Å². The van der Waals surface area contributed by atoms with Crippen LogP contribution in [0.4, 0.5) is 0 Å². The molecule has 0 unspecified atom stereocenters. The minimum absolute atomic E-state index is 0.243. The summed E-state index contributed by atoms with van der Waals surface area (Å²) in [5, 5.41) is 0. The Morgan fingerprint density at radius 3 is 1.36 bits per heavy atom. The van der Waals surface area contributed by atoms with Gasteiger partial charge in [-0.1, -0.05) is 33.6 Å². The fraction of sp³-hybridized carbons (Fsp3) is 1.00.